The summed E-state index contributed by atoms with van der Waals surface area (Å²) in [5, 5.41) is 2.65. The van der Waals surface area contributed by atoms with Crippen molar-refractivity contribution in [1.29, 1.82) is 0 Å². The lowest BCUT2D eigenvalue weighted by Gasteiger charge is -2.24. The number of nitrogens with zero attached hydrogens (tertiary/aromatic N) is 1. The van der Waals surface area contributed by atoms with Gasteiger partial charge < -0.3 is 15.0 Å². The summed E-state index contributed by atoms with van der Waals surface area (Å²) in [5.41, 5.74) is 1.35. The highest BCUT2D eigenvalue weighted by Crippen LogP contribution is 2.12. The molecule has 0 saturated heterocycles. The molecule has 0 bridgehead atoms. The molecular weight excluding hydrogens is 597 g/mol. The second kappa shape index (κ2) is 14.3. The SMILES string of the molecule is COC(=O)C(NS(=O)(=O)CCCN(Cc1ccccc1)C(=O)CNC(=O)c1ccccc1I)C(C)C. The maximum Gasteiger partial charge on any atom is 0.324 e. The third-order valence-corrected chi connectivity index (χ3v) is 7.74. The van der Waals surface area contributed by atoms with Gasteiger partial charge in [0.1, 0.15) is 6.04 Å². The molecule has 1 unspecified atom stereocenters. The number of esters is 1. The number of benzene rings is 2. The van der Waals surface area contributed by atoms with Gasteiger partial charge in [-0.25, -0.2) is 13.1 Å². The summed E-state index contributed by atoms with van der Waals surface area (Å²) in [5.74, 6) is -1.92. The van der Waals surface area contributed by atoms with Crippen LogP contribution in [-0.4, -0.2) is 63.1 Å². The summed E-state index contributed by atoms with van der Waals surface area (Å²) in [7, 11) is -2.60. The van der Waals surface area contributed by atoms with E-state index in [1.54, 1.807) is 32.0 Å². The zero-order chi connectivity index (χ0) is 26.7. The van der Waals surface area contributed by atoms with E-state index in [1.807, 2.05) is 36.4 Å². The Kier molecular flexibility index (Phi) is 11.8. The number of sulfonamides is 1. The van der Waals surface area contributed by atoms with Crippen LogP contribution in [-0.2, 0) is 30.9 Å². The van der Waals surface area contributed by atoms with Gasteiger partial charge in [0.05, 0.1) is 25.0 Å². The van der Waals surface area contributed by atoms with Crippen molar-refractivity contribution in [2.24, 2.45) is 5.92 Å². The molecule has 0 aliphatic heterocycles. The third-order valence-electron chi connectivity index (χ3n) is 5.36. The Morgan fingerprint density at radius 3 is 2.28 bits per heavy atom. The van der Waals surface area contributed by atoms with E-state index in [0.29, 0.717) is 5.56 Å². The van der Waals surface area contributed by atoms with Gasteiger partial charge in [0.25, 0.3) is 5.91 Å². The zero-order valence-corrected chi connectivity index (χ0v) is 23.5. The van der Waals surface area contributed by atoms with Crippen molar-refractivity contribution in [1.82, 2.24) is 14.9 Å². The highest BCUT2D eigenvalue weighted by molar-refractivity contribution is 14.1. The molecule has 0 radical (unpaired) electrons. The van der Waals surface area contributed by atoms with Gasteiger partial charge in [-0.1, -0.05) is 56.3 Å². The number of hydrogen-bond acceptors (Lipinski definition) is 6. The zero-order valence-electron chi connectivity index (χ0n) is 20.6. The van der Waals surface area contributed by atoms with E-state index in [0.717, 1.165) is 9.13 Å². The lowest BCUT2D eigenvalue weighted by atomic mass is 10.1. The number of carbonyl (C=O) groups excluding carboxylic acids is 3. The van der Waals surface area contributed by atoms with E-state index in [4.69, 9.17) is 4.74 Å². The van der Waals surface area contributed by atoms with Gasteiger partial charge in [-0.3, -0.25) is 14.4 Å². The van der Waals surface area contributed by atoms with Crippen LogP contribution in [0.15, 0.2) is 54.6 Å². The van der Waals surface area contributed by atoms with Crippen molar-refractivity contribution in [3.8, 4) is 0 Å². The minimum atomic E-state index is -3.80. The summed E-state index contributed by atoms with van der Waals surface area (Å²) in [4.78, 5) is 39.0. The van der Waals surface area contributed by atoms with Crippen LogP contribution in [0.4, 0.5) is 0 Å². The molecule has 0 aliphatic rings. The Bertz CT molecular complexity index is 1140. The molecule has 2 aromatic rings. The quantitative estimate of drug-likeness (QED) is 0.260. The van der Waals surface area contributed by atoms with Gasteiger partial charge in [-0.2, -0.15) is 0 Å². The van der Waals surface area contributed by atoms with Crippen molar-refractivity contribution in [2.45, 2.75) is 32.9 Å². The Morgan fingerprint density at radius 2 is 1.67 bits per heavy atom. The van der Waals surface area contributed by atoms with E-state index < -0.39 is 22.0 Å². The first-order chi connectivity index (χ1) is 17.0. The fourth-order valence-electron chi connectivity index (χ4n) is 3.39. The van der Waals surface area contributed by atoms with Crippen molar-refractivity contribution < 1.29 is 27.5 Å². The second-order valence-corrected chi connectivity index (χ2v) is 11.5. The molecule has 36 heavy (non-hydrogen) atoms. The Hall–Kier alpha value is -2.51. The molecule has 9 nitrogen and oxygen atoms in total. The van der Waals surface area contributed by atoms with Crippen molar-refractivity contribution in [3.05, 3.63) is 69.3 Å². The first-order valence-corrected chi connectivity index (χ1v) is 14.2. The van der Waals surface area contributed by atoms with E-state index >= 15 is 0 Å². The van der Waals surface area contributed by atoms with Gasteiger partial charge in [0.15, 0.2) is 0 Å². The lowest BCUT2D eigenvalue weighted by Crippen LogP contribution is -2.46. The van der Waals surface area contributed by atoms with Crippen molar-refractivity contribution in [3.63, 3.8) is 0 Å². The highest BCUT2D eigenvalue weighted by Gasteiger charge is 2.28. The summed E-state index contributed by atoms with van der Waals surface area (Å²) in [6.07, 6.45) is 0.143. The monoisotopic (exact) mass is 629 g/mol. The van der Waals surface area contributed by atoms with Crippen molar-refractivity contribution in [2.75, 3.05) is 26.0 Å². The van der Waals surface area contributed by atoms with E-state index in [2.05, 4.69) is 32.6 Å². The van der Waals surface area contributed by atoms with Crippen LogP contribution in [0.5, 0.6) is 0 Å². The molecule has 2 aromatic carbocycles. The molecule has 2 N–H and O–H groups in total. The number of halogens is 1. The minimum absolute atomic E-state index is 0.143. The van der Waals surface area contributed by atoms with Gasteiger partial charge in [0, 0.05) is 16.7 Å². The Morgan fingerprint density at radius 1 is 1.03 bits per heavy atom. The fourth-order valence-corrected chi connectivity index (χ4v) is 5.40. The minimum Gasteiger partial charge on any atom is -0.468 e. The molecule has 0 aliphatic carbocycles. The van der Waals surface area contributed by atoms with Crippen LogP contribution in [0.25, 0.3) is 0 Å². The molecule has 11 heteroatoms. The average Bonchev–Trinajstić information content (AvgIpc) is 2.85. The third kappa shape index (κ3) is 9.51. The normalized spacial score (nSPS) is 12.1. The molecule has 196 valence electrons. The van der Waals surface area contributed by atoms with Crippen LogP contribution < -0.4 is 10.0 Å². The number of ether oxygens (including phenoxy) is 1. The van der Waals surface area contributed by atoms with Crippen molar-refractivity contribution >= 4 is 50.4 Å². The maximum absolute atomic E-state index is 13.0. The smallest absolute Gasteiger partial charge is 0.324 e. The van der Waals surface area contributed by atoms with Gasteiger partial charge in [-0.05, 0) is 52.6 Å². The fraction of sp³-hybridized carbons (Fsp3) is 0.400. The number of rotatable bonds is 13. The summed E-state index contributed by atoms with van der Waals surface area (Å²) in [6, 6.07) is 15.4. The Balaban J connectivity index is 2.03. The molecular formula is C25H32IN3O6S. The first kappa shape index (κ1) is 29.7. The molecule has 0 heterocycles. The molecule has 2 amide bonds. The highest BCUT2D eigenvalue weighted by atomic mass is 127. The van der Waals surface area contributed by atoms with Crippen LogP contribution >= 0.6 is 22.6 Å². The molecule has 0 fully saturated rings. The molecule has 0 aromatic heterocycles. The number of hydrogen-bond donors (Lipinski definition) is 2. The largest absolute Gasteiger partial charge is 0.468 e. The standard InChI is InChI=1S/C25H32IN3O6S/c1-18(2)23(25(32)35-3)28-36(33,34)15-9-14-29(17-19-10-5-4-6-11-19)22(30)16-27-24(31)20-12-7-8-13-21(20)26/h4-8,10-13,18,23,28H,9,14-17H2,1-3H3,(H,27,31). The van der Waals surface area contributed by atoms with E-state index in [-0.39, 0.29) is 49.5 Å². The van der Waals surface area contributed by atoms with Gasteiger partial charge >= 0.3 is 5.97 Å². The summed E-state index contributed by atoms with van der Waals surface area (Å²) >= 11 is 2.06. The van der Waals surface area contributed by atoms with Crippen LogP contribution in [0.2, 0.25) is 0 Å². The second-order valence-electron chi connectivity index (χ2n) is 8.50. The predicted molar refractivity (Wildman–Crippen MR) is 146 cm³/mol. The number of amides is 2. The van der Waals surface area contributed by atoms with Crippen LogP contribution in [0, 0.1) is 9.49 Å². The van der Waals surface area contributed by atoms with Gasteiger partial charge in [-0.15, -0.1) is 0 Å². The van der Waals surface area contributed by atoms with E-state index in [9.17, 15) is 22.8 Å². The van der Waals surface area contributed by atoms with E-state index in [1.165, 1.54) is 12.0 Å². The molecule has 1 atom stereocenters. The predicted octanol–water partition coefficient (Wildman–Crippen LogP) is 2.56. The Labute approximate surface area is 226 Å². The molecule has 0 saturated carbocycles. The number of nitrogens with one attached hydrogen (secondary N) is 2. The number of methoxy groups -OCH3 is 1. The molecule has 2 rings (SSSR count). The average molecular weight is 630 g/mol. The number of carbonyl (C=O) groups is 3. The molecule has 0 spiro atoms. The lowest BCUT2D eigenvalue weighted by molar-refractivity contribution is -0.143. The van der Waals surface area contributed by atoms with Crippen LogP contribution in [0.3, 0.4) is 0 Å². The topological polar surface area (TPSA) is 122 Å². The summed E-state index contributed by atoms with van der Waals surface area (Å²) < 4.78 is 33.1. The van der Waals surface area contributed by atoms with Gasteiger partial charge in [0.2, 0.25) is 15.9 Å². The van der Waals surface area contributed by atoms with Crippen LogP contribution in [0.1, 0.15) is 36.2 Å². The maximum atomic E-state index is 13.0. The summed E-state index contributed by atoms with van der Waals surface area (Å²) in [6.45, 7) is 3.63. The first-order valence-electron chi connectivity index (χ1n) is 11.5.